The van der Waals surface area contributed by atoms with Gasteiger partial charge < -0.3 is 0 Å². The third-order valence-corrected chi connectivity index (χ3v) is 0.548. The Morgan fingerprint density at radius 2 is 2.29 bits per heavy atom. The normalized spacial score (nSPS) is 9.86. The summed E-state index contributed by atoms with van der Waals surface area (Å²) in [7, 11) is 0. The van der Waals surface area contributed by atoms with Gasteiger partial charge in [-0.05, 0) is 6.42 Å². The van der Waals surface area contributed by atoms with Crippen molar-refractivity contribution < 1.29 is 4.39 Å². The maximum Gasteiger partial charge on any atom is 0.0928 e. The lowest BCUT2D eigenvalue weighted by molar-refractivity contribution is 0.501. The van der Waals surface area contributed by atoms with Crippen molar-refractivity contribution in [2.45, 2.75) is 6.42 Å². The SMILES string of the molecule is C=C/C=C\CCF. The first-order valence-corrected chi connectivity index (χ1v) is 2.25. The molecule has 0 aliphatic carbocycles. The quantitative estimate of drug-likeness (QED) is 0.476. The highest BCUT2D eigenvalue weighted by atomic mass is 19.1. The van der Waals surface area contributed by atoms with Crippen molar-refractivity contribution in [3.05, 3.63) is 24.8 Å². The summed E-state index contributed by atoms with van der Waals surface area (Å²) >= 11 is 0. The van der Waals surface area contributed by atoms with E-state index in [0.717, 1.165) is 0 Å². The summed E-state index contributed by atoms with van der Waals surface area (Å²) in [5.74, 6) is 0. The van der Waals surface area contributed by atoms with Crippen LogP contribution in [0.5, 0.6) is 0 Å². The minimum Gasteiger partial charge on any atom is -0.251 e. The predicted octanol–water partition coefficient (Wildman–Crippen LogP) is 2.09. The lowest BCUT2D eigenvalue weighted by Crippen LogP contribution is -1.64. The minimum absolute atomic E-state index is 0.273. The second-order valence-electron chi connectivity index (χ2n) is 1.14. The molecule has 0 saturated heterocycles. The molecule has 0 nitrogen and oxygen atoms in total. The first-order chi connectivity index (χ1) is 3.41. The molecule has 0 unspecified atom stereocenters. The Kier molecular flexibility index (Phi) is 4.95. The van der Waals surface area contributed by atoms with Gasteiger partial charge in [-0.25, -0.2) is 0 Å². The molecule has 0 N–H and O–H groups in total. The second kappa shape index (κ2) is 5.41. The van der Waals surface area contributed by atoms with Crippen molar-refractivity contribution in [3.8, 4) is 0 Å². The highest BCUT2D eigenvalue weighted by Crippen LogP contribution is 1.82. The zero-order valence-electron chi connectivity index (χ0n) is 4.23. The van der Waals surface area contributed by atoms with Crippen molar-refractivity contribution in [2.24, 2.45) is 0 Å². The lowest BCUT2D eigenvalue weighted by Gasteiger charge is -1.74. The molecule has 0 bridgehead atoms. The Labute approximate surface area is 43.4 Å². The average molecular weight is 100 g/mol. The molecule has 7 heavy (non-hydrogen) atoms. The van der Waals surface area contributed by atoms with Gasteiger partial charge in [0.2, 0.25) is 0 Å². The van der Waals surface area contributed by atoms with Crippen molar-refractivity contribution in [1.82, 2.24) is 0 Å². The number of halogens is 1. The van der Waals surface area contributed by atoms with E-state index >= 15 is 0 Å². The molecule has 0 aliphatic heterocycles. The van der Waals surface area contributed by atoms with Crippen molar-refractivity contribution in [3.63, 3.8) is 0 Å². The van der Waals surface area contributed by atoms with E-state index in [2.05, 4.69) is 6.58 Å². The van der Waals surface area contributed by atoms with Crippen molar-refractivity contribution in [1.29, 1.82) is 0 Å². The molecule has 0 radical (unpaired) electrons. The number of rotatable bonds is 3. The van der Waals surface area contributed by atoms with Crippen LogP contribution in [-0.4, -0.2) is 6.67 Å². The maximum atomic E-state index is 11.2. The predicted molar refractivity (Wildman–Crippen MR) is 29.9 cm³/mol. The van der Waals surface area contributed by atoms with Crippen LogP contribution in [0.3, 0.4) is 0 Å². The Balaban J connectivity index is 2.92. The van der Waals surface area contributed by atoms with Gasteiger partial charge in [0.05, 0.1) is 6.67 Å². The Morgan fingerprint density at radius 1 is 1.57 bits per heavy atom. The van der Waals surface area contributed by atoms with Crippen LogP contribution in [0.4, 0.5) is 4.39 Å². The zero-order chi connectivity index (χ0) is 5.54. The first-order valence-electron chi connectivity index (χ1n) is 2.25. The first kappa shape index (κ1) is 6.41. The van der Waals surface area contributed by atoms with Crippen LogP contribution in [0, 0.1) is 0 Å². The Hall–Kier alpha value is -0.590. The van der Waals surface area contributed by atoms with Gasteiger partial charge in [-0.2, -0.15) is 0 Å². The zero-order valence-corrected chi connectivity index (χ0v) is 4.23. The van der Waals surface area contributed by atoms with E-state index in [1.54, 1.807) is 18.2 Å². The summed E-state index contributed by atoms with van der Waals surface area (Å²) in [4.78, 5) is 0. The average Bonchev–Trinajstić information content (AvgIpc) is 1.69. The highest BCUT2D eigenvalue weighted by Gasteiger charge is 1.69. The van der Waals surface area contributed by atoms with Crippen LogP contribution >= 0.6 is 0 Å². The summed E-state index contributed by atoms with van der Waals surface area (Å²) < 4.78 is 11.2. The lowest BCUT2D eigenvalue weighted by atomic mass is 10.4. The number of hydrogen-bond donors (Lipinski definition) is 0. The summed E-state index contributed by atoms with van der Waals surface area (Å²) in [5.41, 5.74) is 0. The molecule has 0 aliphatic rings. The number of allylic oxidation sites excluding steroid dienone is 3. The van der Waals surface area contributed by atoms with E-state index in [0.29, 0.717) is 6.42 Å². The summed E-state index contributed by atoms with van der Waals surface area (Å²) in [5, 5.41) is 0. The van der Waals surface area contributed by atoms with Gasteiger partial charge in [-0.15, -0.1) is 0 Å². The van der Waals surface area contributed by atoms with Crippen molar-refractivity contribution in [2.75, 3.05) is 6.67 Å². The minimum atomic E-state index is -0.273. The summed E-state index contributed by atoms with van der Waals surface area (Å²) in [6.07, 6.45) is 5.62. The number of hydrogen-bond acceptors (Lipinski definition) is 0. The van der Waals surface area contributed by atoms with Gasteiger partial charge in [0, 0.05) is 0 Å². The van der Waals surface area contributed by atoms with Gasteiger partial charge in [0.15, 0.2) is 0 Å². The van der Waals surface area contributed by atoms with E-state index in [4.69, 9.17) is 0 Å². The number of alkyl halides is 1. The second-order valence-corrected chi connectivity index (χ2v) is 1.14. The molecule has 0 aromatic heterocycles. The van der Waals surface area contributed by atoms with E-state index in [-0.39, 0.29) is 6.67 Å². The Morgan fingerprint density at radius 3 is 2.71 bits per heavy atom. The molecule has 0 saturated carbocycles. The molecule has 0 aromatic carbocycles. The molecule has 40 valence electrons. The molecule has 1 heteroatoms. The molecule has 0 heterocycles. The van der Waals surface area contributed by atoms with Crippen LogP contribution in [0.15, 0.2) is 24.8 Å². The van der Waals surface area contributed by atoms with Gasteiger partial charge in [0.1, 0.15) is 0 Å². The highest BCUT2D eigenvalue weighted by molar-refractivity contribution is 4.96. The van der Waals surface area contributed by atoms with Crippen LogP contribution in [0.2, 0.25) is 0 Å². The van der Waals surface area contributed by atoms with Crippen molar-refractivity contribution >= 4 is 0 Å². The largest absolute Gasteiger partial charge is 0.251 e. The molecular formula is C6H9F. The van der Waals surface area contributed by atoms with Gasteiger partial charge in [-0.1, -0.05) is 24.8 Å². The van der Waals surface area contributed by atoms with Crippen LogP contribution in [0.1, 0.15) is 6.42 Å². The third-order valence-electron chi connectivity index (χ3n) is 0.548. The fraction of sp³-hybridized carbons (Fsp3) is 0.333. The third kappa shape index (κ3) is 5.41. The topological polar surface area (TPSA) is 0 Å². The monoisotopic (exact) mass is 100 g/mol. The smallest absolute Gasteiger partial charge is 0.0928 e. The van der Waals surface area contributed by atoms with E-state index in [1.807, 2.05) is 0 Å². The molecule has 0 rings (SSSR count). The fourth-order valence-corrected chi connectivity index (χ4v) is 0.255. The van der Waals surface area contributed by atoms with E-state index in [1.165, 1.54) is 0 Å². The summed E-state index contributed by atoms with van der Waals surface area (Å²) in [6.45, 7) is 3.15. The molecule has 0 aromatic rings. The van der Waals surface area contributed by atoms with E-state index < -0.39 is 0 Å². The summed E-state index contributed by atoms with van der Waals surface area (Å²) in [6, 6.07) is 0. The fourth-order valence-electron chi connectivity index (χ4n) is 0.255. The van der Waals surface area contributed by atoms with Gasteiger partial charge in [-0.3, -0.25) is 4.39 Å². The van der Waals surface area contributed by atoms with Crippen LogP contribution in [-0.2, 0) is 0 Å². The Bertz CT molecular complexity index is 64.6. The molecule has 0 spiro atoms. The molecule has 0 amide bonds. The van der Waals surface area contributed by atoms with E-state index in [9.17, 15) is 4.39 Å². The van der Waals surface area contributed by atoms with Crippen LogP contribution in [0.25, 0.3) is 0 Å². The molecule has 0 fully saturated rings. The van der Waals surface area contributed by atoms with Gasteiger partial charge in [0.25, 0.3) is 0 Å². The van der Waals surface area contributed by atoms with Crippen LogP contribution < -0.4 is 0 Å². The standard InChI is InChI=1S/C6H9F/c1-2-3-4-5-6-7/h2-4H,1,5-6H2/b4-3-. The van der Waals surface area contributed by atoms with Gasteiger partial charge >= 0.3 is 0 Å². The maximum absolute atomic E-state index is 11.2. The molecular weight excluding hydrogens is 91.1 g/mol. The molecule has 0 atom stereocenters.